The van der Waals surface area contributed by atoms with Crippen molar-refractivity contribution in [1.82, 2.24) is 9.88 Å². The Morgan fingerprint density at radius 2 is 1.83 bits per heavy atom. The molecule has 6 nitrogen and oxygen atoms in total. The van der Waals surface area contributed by atoms with E-state index in [1.807, 2.05) is 47.4 Å². The number of aromatic nitrogens is 1. The summed E-state index contributed by atoms with van der Waals surface area (Å²) in [5.74, 6) is 1.15. The van der Waals surface area contributed by atoms with Gasteiger partial charge in [0.25, 0.3) is 0 Å². The second kappa shape index (κ2) is 12.1. The smallest absolute Gasteiger partial charge is 0.321 e. The number of carboxylic acid groups (broad SMARTS) is 1. The molecule has 3 aromatic carbocycles. The number of fused-ring (bicyclic) bond motifs is 2. The van der Waals surface area contributed by atoms with Gasteiger partial charge in [-0.3, -0.25) is 14.7 Å². The number of aliphatic carboxylic acids is 1. The van der Waals surface area contributed by atoms with E-state index in [2.05, 4.69) is 29.2 Å². The lowest BCUT2D eigenvalue weighted by Gasteiger charge is -2.34. The predicted octanol–water partition coefficient (Wildman–Crippen LogP) is 7.09. The third kappa shape index (κ3) is 6.35. The van der Waals surface area contributed by atoms with Gasteiger partial charge in [0, 0.05) is 19.3 Å². The average molecular weight is 590 g/mol. The Hall–Kier alpha value is -3.58. The van der Waals surface area contributed by atoms with Gasteiger partial charge < -0.3 is 14.6 Å². The predicted molar refractivity (Wildman–Crippen MR) is 159 cm³/mol. The van der Waals surface area contributed by atoms with E-state index in [-0.39, 0.29) is 0 Å². The molecule has 0 amide bonds. The lowest BCUT2D eigenvalue weighted by atomic mass is 9.86. The van der Waals surface area contributed by atoms with Crippen molar-refractivity contribution < 1.29 is 19.4 Å². The molecule has 0 saturated heterocycles. The number of ether oxygens (including phenoxy) is 2. The maximum absolute atomic E-state index is 12.2. The second-order valence-corrected chi connectivity index (χ2v) is 11.5. The Kier molecular flexibility index (Phi) is 8.15. The Labute approximate surface area is 249 Å². The molecule has 4 aromatic rings. The lowest BCUT2D eigenvalue weighted by Crippen LogP contribution is -2.45. The minimum Gasteiger partial charge on any atom is -0.493 e. The highest BCUT2D eigenvalue weighted by atomic mass is 35.5. The number of benzene rings is 3. The molecule has 0 aliphatic carbocycles. The van der Waals surface area contributed by atoms with Gasteiger partial charge in [-0.15, -0.1) is 0 Å². The Balaban J connectivity index is 1.17. The number of nitrogens with zero attached hydrogens (tertiary/aromatic N) is 2. The van der Waals surface area contributed by atoms with E-state index < -0.39 is 12.0 Å². The van der Waals surface area contributed by atoms with Crippen molar-refractivity contribution >= 4 is 29.2 Å². The molecule has 0 saturated carbocycles. The summed E-state index contributed by atoms with van der Waals surface area (Å²) >= 11 is 12.1. The van der Waals surface area contributed by atoms with Crippen molar-refractivity contribution in [3.05, 3.63) is 123 Å². The van der Waals surface area contributed by atoms with Crippen LogP contribution in [0.25, 0.3) is 0 Å². The standard InChI is InChI=1S/C33H30Cl2N2O4/c34-29-9-4-21(13-30(29)35)20-41-28-7-5-22(6-8-28)23-10-12-40-32-17-24-16-31(33(38)39)37(18-26(24)15-25(32)14-23)19-27-3-1-2-11-36-27/h1-9,11,13,15,17,23,31H,10,12,14,16,18-20H2,(H,38,39)/t23-,31+/m1/s1. The van der Waals surface area contributed by atoms with Crippen LogP contribution in [-0.2, 0) is 37.3 Å². The molecule has 0 spiro atoms. The van der Waals surface area contributed by atoms with Gasteiger partial charge in [0.05, 0.1) is 22.3 Å². The third-order valence-electron chi connectivity index (χ3n) is 7.92. The zero-order chi connectivity index (χ0) is 28.3. The number of pyridine rings is 1. The summed E-state index contributed by atoms with van der Waals surface area (Å²) in [4.78, 5) is 18.6. The molecule has 1 aromatic heterocycles. The van der Waals surface area contributed by atoms with Crippen LogP contribution < -0.4 is 9.47 Å². The third-order valence-corrected chi connectivity index (χ3v) is 8.66. The average Bonchev–Trinajstić information content (AvgIpc) is 3.19. The van der Waals surface area contributed by atoms with Crippen molar-refractivity contribution in [1.29, 1.82) is 0 Å². The molecule has 2 atom stereocenters. The molecule has 1 N–H and O–H groups in total. The van der Waals surface area contributed by atoms with Gasteiger partial charge in [0.15, 0.2) is 0 Å². The first-order valence-electron chi connectivity index (χ1n) is 13.7. The summed E-state index contributed by atoms with van der Waals surface area (Å²) < 4.78 is 12.2. The van der Waals surface area contributed by atoms with Gasteiger partial charge in [-0.25, -0.2) is 0 Å². The van der Waals surface area contributed by atoms with Crippen LogP contribution >= 0.6 is 23.2 Å². The molecule has 2 aliphatic rings. The van der Waals surface area contributed by atoms with Gasteiger partial charge in [0.1, 0.15) is 24.1 Å². The van der Waals surface area contributed by atoms with E-state index in [4.69, 9.17) is 32.7 Å². The summed E-state index contributed by atoms with van der Waals surface area (Å²) in [6, 6.07) is 23.2. The summed E-state index contributed by atoms with van der Waals surface area (Å²) in [6.07, 6.45) is 3.94. The van der Waals surface area contributed by atoms with Crippen molar-refractivity contribution in [3.63, 3.8) is 0 Å². The highest BCUT2D eigenvalue weighted by molar-refractivity contribution is 6.42. The van der Waals surface area contributed by atoms with E-state index in [0.29, 0.717) is 48.7 Å². The van der Waals surface area contributed by atoms with Gasteiger partial charge in [-0.2, -0.15) is 0 Å². The van der Waals surface area contributed by atoms with Crippen LogP contribution in [0.2, 0.25) is 10.0 Å². The number of halogens is 2. The molecule has 0 fully saturated rings. The zero-order valence-corrected chi connectivity index (χ0v) is 23.9. The molecule has 2 aliphatic heterocycles. The summed E-state index contributed by atoms with van der Waals surface area (Å²) in [5, 5.41) is 11.0. The van der Waals surface area contributed by atoms with Gasteiger partial charge in [0.2, 0.25) is 0 Å². The fraction of sp³-hybridized carbons (Fsp3) is 0.273. The molecule has 41 heavy (non-hydrogen) atoms. The highest BCUT2D eigenvalue weighted by Crippen LogP contribution is 2.37. The summed E-state index contributed by atoms with van der Waals surface area (Å²) in [7, 11) is 0. The first-order valence-corrected chi connectivity index (χ1v) is 14.5. The maximum Gasteiger partial charge on any atom is 0.321 e. The van der Waals surface area contributed by atoms with Crippen LogP contribution in [0.4, 0.5) is 0 Å². The van der Waals surface area contributed by atoms with E-state index in [1.54, 1.807) is 12.3 Å². The number of hydrogen-bond donors (Lipinski definition) is 1. The molecule has 8 heteroatoms. The van der Waals surface area contributed by atoms with Gasteiger partial charge in [-0.05, 0) is 95.5 Å². The quantitative estimate of drug-likeness (QED) is 0.248. The Morgan fingerprint density at radius 3 is 2.59 bits per heavy atom. The highest BCUT2D eigenvalue weighted by Gasteiger charge is 2.33. The van der Waals surface area contributed by atoms with E-state index in [1.165, 1.54) is 5.56 Å². The summed E-state index contributed by atoms with van der Waals surface area (Å²) in [6.45, 7) is 2.07. The van der Waals surface area contributed by atoms with Crippen molar-refractivity contribution in [3.8, 4) is 11.5 Å². The number of hydrogen-bond acceptors (Lipinski definition) is 5. The number of rotatable bonds is 7. The Morgan fingerprint density at radius 1 is 0.976 bits per heavy atom. The SMILES string of the molecule is O=C(O)[C@@H]1Cc2cc3c(cc2CN1Cc1ccccn1)C[C@H](c1ccc(OCc2ccc(Cl)c(Cl)c2)cc1)CCO3. The largest absolute Gasteiger partial charge is 0.493 e. The van der Waals surface area contributed by atoms with E-state index in [0.717, 1.165) is 52.3 Å². The molecule has 210 valence electrons. The Bertz CT molecular complexity index is 1550. The zero-order valence-electron chi connectivity index (χ0n) is 22.4. The molecule has 6 rings (SSSR count). The van der Waals surface area contributed by atoms with Crippen molar-refractivity contribution in [2.45, 2.75) is 50.9 Å². The lowest BCUT2D eigenvalue weighted by molar-refractivity contribution is -0.144. The van der Waals surface area contributed by atoms with Crippen LogP contribution in [0.15, 0.2) is 79.0 Å². The van der Waals surface area contributed by atoms with Crippen LogP contribution in [0.5, 0.6) is 11.5 Å². The minimum absolute atomic E-state index is 0.304. The topological polar surface area (TPSA) is 71.9 Å². The second-order valence-electron chi connectivity index (χ2n) is 10.7. The fourth-order valence-electron chi connectivity index (χ4n) is 5.72. The van der Waals surface area contributed by atoms with Crippen LogP contribution in [0.1, 0.15) is 45.8 Å². The van der Waals surface area contributed by atoms with Crippen LogP contribution in [0.3, 0.4) is 0 Å². The van der Waals surface area contributed by atoms with Crippen molar-refractivity contribution in [2.24, 2.45) is 0 Å². The molecule has 0 unspecified atom stereocenters. The maximum atomic E-state index is 12.2. The fourth-order valence-corrected chi connectivity index (χ4v) is 6.04. The van der Waals surface area contributed by atoms with Crippen molar-refractivity contribution in [2.75, 3.05) is 6.61 Å². The molecule has 0 bridgehead atoms. The summed E-state index contributed by atoms with van der Waals surface area (Å²) in [5.41, 5.74) is 6.44. The van der Waals surface area contributed by atoms with E-state index >= 15 is 0 Å². The molecule has 0 radical (unpaired) electrons. The normalized spacial score (nSPS) is 18.5. The first-order chi connectivity index (χ1) is 19.9. The number of carboxylic acids is 1. The monoisotopic (exact) mass is 588 g/mol. The van der Waals surface area contributed by atoms with Gasteiger partial charge in [-0.1, -0.05) is 53.5 Å². The first kappa shape index (κ1) is 27.6. The number of carbonyl (C=O) groups is 1. The van der Waals surface area contributed by atoms with Gasteiger partial charge >= 0.3 is 5.97 Å². The minimum atomic E-state index is -0.813. The molecule has 3 heterocycles. The van der Waals surface area contributed by atoms with Crippen LogP contribution in [-0.4, -0.2) is 33.6 Å². The molecular formula is C33H30Cl2N2O4. The van der Waals surface area contributed by atoms with E-state index in [9.17, 15) is 9.90 Å². The molecular weight excluding hydrogens is 559 g/mol. The van der Waals surface area contributed by atoms with Crippen LogP contribution in [0, 0.1) is 0 Å².